The van der Waals surface area contributed by atoms with Crippen molar-refractivity contribution in [2.45, 2.75) is 56.9 Å². The van der Waals surface area contributed by atoms with Gasteiger partial charge in [0.2, 0.25) is 0 Å². The summed E-state index contributed by atoms with van der Waals surface area (Å²) < 4.78 is 1.23. The molecule has 2 aromatic rings. The number of nitrogens with zero attached hydrogens (tertiary/aromatic N) is 1. The average molecular weight is 376 g/mol. The average Bonchev–Trinajstić information content (AvgIpc) is 2.58. The van der Waals surface area contributed by atoms with Crippen LogP contribution in [0.5, 0.6) is 0 Å². The first-order chi connectivity index (χ1) is 11.1. The van der Waals surface area contributed by atoms with Crippen LogP contribution in [0.1, 0.15) is 50.7 Å². The summed E-state index contributed by atoms with van der Waals surface area (Å²) in [4.78, 5) is 4.60. The van der Waals surface area contributed by atoms with Gasteiger partial charge in [-0.1, -0.05) is 0 Å². The summed E-state index contributed by atoms with van der Waals surface area (Å²) in [5.41, 5.74) is 2.12. The van der Waals surface area contributed by atoms with Gasteiger partial charge in [0.1, 0.15) is 0 Å². The minimum atomic E-state index is -0.560. The van der Waals surface area contributed by atoms with Gasteiger partial charge in [0.05, 0.1) is 0 Å². The number of aryl methyl sites for hydroxylation is 1. The van der Waals surface area contributed by atoms with Crippen LogP contribution in [0.2, 0.25) is 0 Å². The van der Waals surface area contributed by atoms with Crippen molar-refractivity contribution < 1.29 is 5.11 Å². The number of hydrogen-bond acceptors (Lipinski definition) is 2. The zero-order valence-corrected chi connectivity index (χ0v) is 15.9. The second-order valence-electron chi connectivity index (χ2n) is 6.34. The van der Waals surface area contributed by atoms with Crippen LogP contribution in [0.3, 0.4) is 0 Å². The maximum absolute atomic E-state index is 10.5. The molecule has 0 aliphatic heterocycles. The van der Waals surface area contributed by atoms with Gasteiger partial charge in [-0.05, 0) is 0 Å². The molecular weight excluding hydrogens is 349 g/mol. The Kier molecular flexibility index (Phi) is 7.29. The van der Waals surface area contributed by atoms with E-state index >= 15 is 0 Å². The molecule has 0 amide bonds. The standard InChI is InChI=1S/C20H27NOSe/c1-3-4-13-20(2,22)14-12-18-11-8-15-21-19(18)23-16-17-9-6-5-7-10-17/h5-11,15,22H,3-4,12-14,16H2,1-2H3. The monoisotopic (exact) mass is 377 g/mol. The van der Waals surface area contributed by atoms with E-state index in [9.17, 15) is 5.11 Å². The van der Waals surface area contributed by atoms with Crippen molar-refractivity contribution >= 4 is 19.5 Å². The summed E-state index contributed by atoms with van der Waals surface area (Å²) >= 11 is 0.340. The molecule has 0 spiro atoms. The van der Waals surface area contributed by atoms with Crippen molar-refractivity contribution in [3.05, 3.63) is 59.8 Å². The number of unbranched alkanes of at least 4 members (excludes halogenated alkanes) is 1. The van der Waals surface area contributed by atoms with Gasteiger partial charge < -0.3 is 0 Å². The van der Waals surface area contributed by atoms with Crippen molar-refractivity contribution in [3.8, 4) is 0 Å². The first-order valence-corrected chi connectivity index (χ1v) is 10.5. The van der Waals surface area contributed by atoms with Crippen LogP contribution < -0.4 is 4.59 Å². The molecule has 1 heterocycles. The van der Waals surface area contributed by atoms with E-state index in [0.717, 1.165) is 37.4 Å². The van der Waals surface area contributed by atoms with E-state index in [-0.39, 0.29) is 0 Å². The van der Waals surface area contributed by atoms with E-state index in [4.69, 9.17) is 0 Å². The zero-order chi connectivity index (χ0) is 16.5. The summed E-state index contributed by atoms with van der Waals surface area (Å²) in [6, 6.07) is 14.8. The van der Waals surface area contributed by atoms with Crippen LogP contribution in [0.4, 0.5) is 0 Å². The molecule has 0 aliphatic carbocycles. The third-order valence-corrected chi connectivity index (χ3v) is 6.42. The molecule has 0 fully saturated rings. The van der Waals surface area contributed by atoms with E-state index in [1.165, 1.54) is 15.7 Å². The van der Waals surface area contributed by atoms with Gasteiger partial charge >= 0.3 is 146 Å². The molecule has 1 aromatic heterocycles. The molecule has 1 unspecified atom stereocenters. The number of aromatic nitrogens is 1. The fraction of sp³-hybridized carbons (Fsp3) is 0.450. The van der Waals surface area contributed by atoms with Crippen molar-refractivity contribution in [2.24, 2.45) is 0 Å². The fourth-order valence-corrected chi connectivity index (χ4v) is 4.63. The molecule has 0 saturated heterocycles. The predicted molar refractivity (Wildman–Crippen MR) is 98.2 cm³/mol. The number of hydrogen-bond donors (Lipinski definition) is 1. The SMILES string of the molecule is CCCCC(C)(O)CCc1cccnc1[Se]Cc1ccccc1. The van der Waals surface area contributed by atoms with E-state index in [0.29, 0.717) is 15.0 Å². The Morgan fingerprint density at radius 3 is 2.61 bits per heavy atom. The van der Waals surface area contributed by atoms with Crippen LogP contribution in [-0.2, 0) is 11.7 Å². The topological polar surface area (TPSA) is 33.1 Å². The molecule has 0 bridgehead atoms. The first kappa shape index (κ1) is 18.2. The summed E-state index contributed by atoms with van der Waals surface area (Å²) in [5, 5.41) is 11.6. The van der Waals surface area contributed by atoms with E-state index in [1.807, 2.05) is 19.2 Å². The number of pyridine rings is 1. The van der Waals surface area contributed by atoms with Gasteiger partial charge in [-0.15, -0.1) is 0 Å². The Balaban J connectivity index is 1.94. The molecule has 2 nitrogen and oxygen atoms in total. The summed E-state index contributed by atoms with van der Waals surface area (Å²) in [5.74, 6) is 0. The predicted octanol–water partition coefficient (Wildman–Crippen LogP) is 3.49. The first-order valence-electron chi connectivity index (χ1n) is 8.44. The molecular formula is C20H27NOSe. The third-order valence-electron chi connectivity index (χ3n) is 4.07. The summed E-state index contributed by atoms with van der Waals surface area (Å²) in [6.07, 6.45) is 6.72. The molecule has 1 aromatic carbocycles. The van der Waals surface area contributed by atoms with Crippen LogP contribution in [-0.4, -0.2) is 30.6 Å². The number of benzene rings is 1. The van der Waals surface area contributed by atoms with Gasteiger partial charge in [0, 0.05) is 0 Å². The zero-order valence-electron chi connectivity index (χ0n) is 14.2. The number of rotatable bonds is 9. The summed E-state index contributed by atoms with van der Waals surface area (Å²) in [7, 11) is 0. The van der Waals surface area contributed by atoms with Crippen molar-refractivity contribution in [1.29, 1.82) is 0 Å². The molecule has 0 radical (unpaired) electrons. The molecule has 0 aliphatic rings. The maximum atomic E-state index is 10.5. The Bertz CT molecular complexity index is 583. The second kappa shape index (κ2) is 9.22. The van der Waals surface area contributed by atoms with Gasteiger partial charge in [0.15, 0.2) is 0 Å². The van der Waals surface area contributed by atoms with E-state index < -0.39 is 5.60 Å². The van der Waals surface area contributed by atoms with Gasteiger partial charge in [-0.2, -0.15) is 0 Å². The van der Waals surface area contributed by atoms with Gasteiger partial charge in [-0.3, -0.25) is 0 Å². The second-order valence-corrected chi connectivity index (χ2v) is 8.37. The molecule has 23 heavy (non-hydrogen) atoms. The van der Waals surface area contributed by atoms with Crippen molar-refractivity contribution in [2.75, 3.05) is 0 Å². The molecule has 1 N–H and O–H groups in total. The molecule has 2 rings (SSSR count). The van der Waals surface area contributed by atoms with Crippen molar-refractivity contribution in [3.63, 3.8) is 0 Å². The molecule has 1 atom stereocenters. The quantitative estimate of drug-likeness (QED) is 0.680. The Hall–Kier alpha value is -1.15. The van der Waals surface area contributed by atoms with Crippen molar-refractivity contribution in [1.82, 2.24) is 4.98 Å². The number of aliphatic hydroxyl groups is 1. The Morgan fingerprint density at radius 2 is 1.87 bits per heavy atom. The molecule has 0 saturated carbocycles. The molecule has 124 valence electrons. The van der Waals surface area contributed by atoms with Gasteiger partial charge in [0.25, 0.3) is 0 Å². The van der Waals surface area contributed by atoms with Crippen LogP contribution in [0.25, 0.3) is 0 Å². The fourth-order valence-electron chi connectivity index (χ4n) is 2.56. The third kappa shape index (κ3) is 6.47. The normalized spacial score (nSPS) is 13.7. The summed E-state index contributed by atoms with van der Waals surface area (Å²) in [6.45, 7) is 4.13. The van der Waals surface area contributed by atoms with Crippen LogP contribution in [0, 0.1) is 0 Å². The van der Waals surface area contributed by atoms with Crippen LogP contribution >= 0.6 is 0 Å². The van der Waals surface area contributed by atoms with Gasteiger partial charge in [-0.25, -0.2) is 0 Å². The Labute approximate surface area is 146 Å². The Morgan fingerprint density at radius 1 is 1.09 bits per heavy atom. The van der Waals surface area contributed by atoms with Crippen LogP contribution in [0.15, 0.2) is 48.7 Å². The van der Waals surface area contributed by atoms with E-state index in [1.54, 1.807) is 0 Å². The molecule has 3 heteroatoms. The van der Waals surface area contributed by atoms with E-state index in [2.05, 4.69) is 48.3 Å². The minimum absolute atomic E-state index is 0.340.